The second kappa shape index (κ2) is 13.8. The molecule has 0 aliphatic rings. The fourth-order valence-electron chi connectivity index (χ4n) is 2.19. The summed E-state index contributed by atoms with van der Waals surface area (Å²) in [5, 5.41) is 0. The van der Waals surface area contributed by atoms with E-state index in [0.29, 0.717) is 0 Å². The fraction of sp³-hybridized carbons (Fsp3) is 0.882. The first-order valence-electron chi connectivity index (χ1n) is 8.03. The second-order valence-electron chi connectivity index (χ2n) is 5.27. The van der Waals surface area contributed by atoms with Crippen molar-refractivity contribution in [2.75, 3.05) is 0 Å². The van der Waals surface area contributed by atoms with Gasteiger partial charge in [-0.3, -0.25) is 0 Å². The summed E-state index contributed by atoms with van der Waals surface area (Å²) in [6, 6.07) is 0. The van der Waals surface area contributed by atoms with Crippen LogP contribution in [0.25, 0.3) is 0 Å². The molecule has 0 saturated carbocycles. The van der Waals surface area contributed by atoms with Gasteiger partial charge in [-0.1, -0.05) is 70.9 Å². The molecule has 0 atom stereocenters. The molecule has 0 fully saturated rings. The van der Waals surface area contributed by atoms with Gasteiger partial charge in [0.25, 0.3) is 0 Å². The van der Waals surface area contributed by atoms with Crippen molar-refractivity contribution in [3.05, 3.63) is 11.6 Å². The lowest BCUT2D eigenvalue weighted by Gasteiger charge is -2.06. The highest BCUT2D eigenvalue weighted by Crippen LogP contribution is 2.17. The minimum atomic E-state index is 1.33. The lowest BCUT2D eigenvalue weighted by molar-refractivity contribution is 0.633. The van der Waals surface area contributed by atoms with E-state index in [0.717, 1.165) is 0 Å². The molecule has 0 spiro atoms. The first kappa shape index (κ1) is 16.7. The summed E-state index contributed by atoms with van der Waals surface area (Å²) >= 11 is 0. The molecule has 0 saturated heterocycles. The Morgan fingerprint density at radius 2 is 1.18 bits per heavy atom. The van der Waals surface area contributed by atoms with Crippen molar-refractivity contribution >= 4 is 0 Å². The summed E-state index contributed by atoms with van der Waals surface area (Å²) in [6.07, 6.45) is 19.1. The average Bonchev–Trinajstić information content (AvgIpc) is 2.35. The molecule has 0 N–H and O–H groups in total. The molecule has 0 aromatic heterocycles. The minimum Gasteiger partial charge on any atom is -0.0853 e. The number of rotatable bonds is 12. The molecule has 0 amide bonds. The van der Waals surface area contributed by atoms with Crippen molar-refractivity contribution in [3.63, 3.8) is 0 Å². The van der Waals surface area contributed by atoms with Gasteiger partial charge in [0.2, 0.25) is 0 Å². The fourth-order valence-corrected chi connectivity index (χ4v) is 2.19. The van der Waals surface area contributed by atoms with Crippen LogP contribution in [0.15, 0.2) is 11.6 Å². The Labute approximate surface area is 110 Å². The normalized spacial score (nSPS) is 10.5. The van der Waals surface area contributed by atoms with Crippen LogP contribution in [0.5, 0.6) is 0 Å². The number of hydrogen-bond donors (Lipinski definition) is 0. The minimum absolute atomic E-state index is 1.33. The number of hydrogen-bond acceptors (Lipinski definition) is 0. The van der Waals surface area contributed by atoms with Crippen LogP contribution >= 0.6 is 0 Å². The highest BCUT2D eigenvalue weighted by atomic mass is 14.0. The Bertz CT molecular complexity index is 157. The van der Waals surface area contributed by atoms with Gasteiger partial charge in [-0.25, -0.2) is 0 Å². The van der Waals surface area contributed by atoms with Crippen LogP contribution in [0.1, 0.15) is 97.8 Å². The maximum Gasteiger partial charge on any atom is -0.0320 e. The molecule has 0 nitrogen and oxygen atoms in total. The first-order valence-corrected chi connectivity index (χ1v) is 8.03. The SMILES string of the molecule is CCCCCCCC=C(CCCC)CCCC. The van der Waals surface area contributed by atoms with Crippen LogP contribution in [0.2, 0.25) is 0 Å². The molecule has 0 aliphatic heterocycles. The van der Waals surface area contributed by atoms with E-state index in [4.69, 9.17) is 0 Å². The van der Waals surface area contributed by atoms with Gasteiger partial charge in [0.15, 0.2) is 0 Å². The molecule has 0 heterocycles. The van der Waals surface area contributed by atoms with E-state index in [1.165, 1.54) is 77.0 Å². The van der Waals surface area contributed by atoms with E-state index in [1.54, 1.807) is 5.57 Å². The van der Waals surface area contributed by atoms with Crippen LogP contribution in [0.3, 0.4) is 0 Å². The van der Waals surface area contributed by atoms with E-state index < -0.39 is 0 Å². The zero-order chi connectivity index (χ0) is 12.8. The smallest absolute Gasteiger partial charge is 0.0320 e. The molecular formula is C17H34. The molecule has 17 heavy (non-hydrogen) atoms. The van der Waals surface area contributed by atoms with Crippen LogP contribution in [-0.4, -0.2) is 0 Å². The van der Waals surface area contributed by atoms with Gasteiger partial charge in [0.05, 0.1) is 0 Å². The Morgan fingerprint density at radius 3 is 1.71 bits per heavy atom. The number of unbranched alkanes of at least 4 members (excludes halogenated alkanes) is 7. The molecule has 0 rings (SSSR count). The summed E-state index contributed by atoms with van der Waals surface area (Å²) < 4.78 is 0. The predicted molar refractivity (Wildman–Crippen MR) is 80.5 cm³/mol. The summed E-state index contributed by atoms with van der Waals surface area (Å²) in [4.78, 5) is 0. The lowest BCUT2D eigenvalue weighted by atomic mass is 10.0. The van der Waals surface area contributed by atoms with Gasteiger partial charge in [-0.15, -0.1) is 0 Å². The molecule has 0 aromatic rings. The maximum absolute atomic E-state index is 2.55. The molecule has 102 valence electrons. The highest BCUT2D eigenvalue weighted by molar-refractivity contribution is 5.01. The monoisotopic (exact) mass is 238 g/mol. The van der Waals surface area contributed by atoms with Crippen LogP contribution in [-0.2, 0) is 0 Å². The summed E-state index contributed by atoms with van der Waals surface area (Å²) in [5.41, 5.74) is 1.74. The van der Waals surface area contributed by atoms with Crippen molar-refractivity contribution in [3.8, 4) is 0 Å². The Morgan fingerprint density at radius 1 is 0.647 bits per heavy atom. The largest absolute Gasteiger partial charge is 0.0853 e. The average molecular weight is 238 g/mol. The highest BCUT2D eigenvalue weighted by Gasteiger charge is 1.97. The quantitative estimate of drug-likeness (QED) is 0.263. The van der Waals surface area contributed by atoms with Crippen molar-refractivity contribution in [1.29, 1.82) is 0 Å². The third kappa shape index (κ3) is 12.0. The zero-order valence-corrected chi connectivity index (χ0v) is 12.6. The third-order valence-electron chi connectivity index (χ3n) is 3.44. The molecule has 0 aliphatic carbocycles. The molecular weight excluding hydrogens is 204 g/mol. The van der Waals surface area contributed by atoms with Gasteiger partial charge < -0.3 is 0 Å². The van der Waals surface area contributed by atoms with Crippen molar-refractivity contribution in [2.24, 2.45) is 0 Å². The maximum atomic E-state index is 2.55. The van der Waals surface area contributed by atoms with E-state index in [1.807, 2.05) is 0 Å². The third-order valence-corrected chi connectivity index (χ3v) is 3.44. The molecule has 0 bridgehead atoms. The summed E-state index contributed by atoms with van der Waals surface area (Å²) in [7, 11) is 0. The van der Waals surface area contributed by atoms with Crippen molar-refractivity contribution in [2.45, 2.75) is 97.8 Å². The Balaban J connectivity index is 3.67. The van der Waals surface area contributed by atoms with Crippen LogP contribution < -0.4 is 0 Å². The summed E-state index contributed by atoms with van der Waals surface area (Å²) in [5.74, 6) is 0. The molecule has 0 radical (unpaired) electrons. The van der Waals surface area contributed by atoms with E-state index >= 15 is 0 Å². The van der Waals surface area contributed by atoms with E-state index in [2.05, 4.69) is 26.8 Å². The van der Waals surface area contributed by atoms with Crippen molar-refractivity contribution < 1.29 is 0 Å². The molecule has 0 heteroatoms. The van der Waals surface area contributed by atoms with E-state index in [-0.39, 0.29) is 0 Å². The zero-order valence-electron chi connectivity index (χ0n) is 12.6. The standard InChI is InChI=1S/C17H34/c1-4-7-10-11-12-13-16-17(14-8-5-2)15-9-6-3/h16H,4-15H2,1-3H3. The van der Waals surface area contributed by atoms with Crippen LogP contribution in [0, 0.1) is 0 Å². The molecule has 0 unspecified atom stereocenters. The van der Waals surface area contributed by atoms with Gasteiger partial charge in [0, 0.05) is 0 Å². The summed E-state index contributed by atoms with van der Waals surface area (Å²) in [6.45, 7) is 6.87. The predicted octanol–water partition coefficient (Wildman–Crippen LogP) is 6.65. The lowest BCUT2D eigenvalue weighted by Crippen LogP contribution is -1.86. The van der Waals surface area contributed by atoms with Crippen molar-refractivity contribution in [1.82, 2.24) is 0 Å². The number of allylic oxidation sites excluding steroid dienone is 2. The second-order valence-corrected chi connectivity index (χ2v) is 5.27. The molecule has 0 aromatic carbocycles. The van der Waals surface area contributed by atoms with Gasteiger partial charge in [-0.2, -0.15) is 0 Å². The van der Waals surface area contributed by atoms with E-state index in [9.17, 15) is 0 Å². The van der Waals surface area contributed by atoms with Gasteiger partial charge in [-0.05, 0) is 38.5 Å². The van der Waals surface area contributed by atoms with Gasteiger partial charge >= 0.3 is 0 Å². The first-order chi connectivity index (χ1) is 8.35. The Kier molecular flexibility index (Phi) is 13.6. The Hall–Kier alpha value is -0.260. The van der Waals surface area contributed by atoms with Crippen LogP contribution in [0.4, 0.5) is 0 Å². The topological polar surface area (TPSA) is 0 Å². The van der Waals surface area contributed by atoms with Gasteiger partial charge in [0.1, 0.15) is 0 Å².